The molecule has 0 saturated carbocycles. The first-order valence-electron chi connectivity index (χ1n) is 4.70. The molecule has 0 aliphatic rings. The summed E-state index contributed by atoms with van der Waals surface area (Å²) < 4.78 is 4.53. The summed E-state index contributed by atoms with van der Waals surface area (Å²) in [5.74, 6) is -1.04. The van der Waals surface area contributed by atoms with Crippen molar-refractivity contribution in [2.75, 3.05) is 19.6 Å². The van der Waals surface area contributed by atoms with Gasteiger partial charge < -0.3 is 4.74 Å². The van der Waals surface area contributed by atoms with Gasteiger partial charge in [0.25, 0.3) is 0 Å². The van der Waals surface area contributed by atoms with Crippen molar-refractivity contribution >= 4 is 11.9 Å². The van der Waals surface area contributed by atoms with Crippen LogP contribution in [0.5, 0.6) is 0 Å². The Balaban J connectivity index is 3.84. The zero-order chi connectivity index (χ0) is 11.0. The van der Waals surface area contributed by atoms with Gasteiger partial charge >= 0.3 is 11.9 Å². The van der Waals surface area contributed by atoms with E-state index in [1.54, 1.807) is 0 Å². The molecule has 4 heteroatoms. The van der Waals surface area contributed by atoms with E-state index in [1.165, 1.54) is 6.08 Å². The number of esters is 2. The summed E-state index contributed by atoms with van der Waals surface area (Å²) in [6, 6.07) is 0. The smallest absolute Gasteiger partial charge is 0.327 e. The highest BCUT2D eigenvalue weighted by Gasteiger charge is 2.11. The number of nitrogens with zero attached hydrogens (tertiary/aromatic N) is 1. The summed E-state index contributed by atoms with van der Waals surface area (Å²) in [5, 5.41) is 0. The average molecular weight is 199 g/mol. The lowest BCUT2D eigenvalue weighted by Gasteiger charge is -2.15. The zero-order valence-electron chi connectivity index (χ0n) is 8.78. The van der Waals surface area contributed by atoms with Crippen LogP contribution in [0.15, 0.2) is 12.7 Å². The summed E-state index contributed by atoms with van der Waals surface area (Å²) in [6.07, 6.45) is 1.48. The van der Waals surface area contributed by atoms with Crippen molar-refractivity contribution in [3.05, 3.63) is 12.7 Å². The van der Waals surface area contributed by atoms with Crippen molar-refractivity contribution in [2.45, 2.75) is 20.3 Å². The molecule has 0 rings (SSSR count). The van der Waals surface area contributed by atoms with E-state index in [2.05, 4.69) is 11.3 Å². The third-order valence-electron chi connectivity index (χ3n) is 1.79. The quantitative estimate of drug-likeness (QED) is 0.363. The molecule has 0 aromatic heterocycles. The molecule has 0 aliphatic heterocycles. The van der Waals surface area contributed by atoms with Crippen LogP contribution in [-0.4, -0.2) is 36.5 Å². The second-order valence-corrected chi connectivity index (χ2v) is 2.80. The van der Waals surface area contributed by atoms with Crippen molar-refractivity contribution in [1.29, 1.82) is 0 Å². The summed E-state index contributed by atoms with van der Waals surface area (Å²) in [5.41, 5.74) is 0. The lowest BCUT2D eigenvalue weighted by molar-refractivity contribution is -0.159. The van der Waals surface area contributed by atoms with Crippen LogP contribution in [0.3, 0.4) is 0 Å². The highest BCUT2D eigenvalue weighted by atomic mass is 16.6. The van der Waals surface area contributed by atoms with Crippen LogP contribution in [0.4, 0.5) is 0 Å². The van der Waals surface area contributed by atoms with E-state index in [4.69, 9.17) is 0 Å². The third kappa shape index (κ3) is 5.48. The second-order valence-electron chi connectivity index (χ2n) is 2.80. The van der Waals surface area contributed by atoms with Crippen LogP contribution in [0, 0.1) is 0 Å². The van der Waals surface area contributed by atoms with E-state index >= 15 is 0 Å². The first-order valence-corrected chi connectivity index (χ1v) is 4.70. The van der Waals surface area contributed by atoms with Crippen LogP contribution in [0.1, 0.15) is 20.3 Å². The molecule has 0 aromatic rings. The Morgan fingerprint density at radius 3 is 2.29 bits per heavy atom. The summed E-state index contributed by atoms with van der Waals surface area (Å²) in [6.45, 7) is 8.97. The Morgan fingerprint density at radius 2 is 1.86 bits per heavy atom. The Kier molecular flexibility index (Phi) is 6.66. The number of hydrogen-bond donors (Lipinski definition) is 0. The van der Waals surface area contributed by atoms with E-state index in [-0.39, 0.29) is 13.0 Å². The van der Waals surface area contributed by atoms with Crippen molar-refractivity contribution in [3.63, 3.8) is 0 Å². The molecule has 0 aromatic carbocycles. The standard InChI is InChI=1S/C10H17NO3/c1-4-7-9(12)14-10(13)8-11(5-2)6-3/h4H,1,5-8H2,2-3H3. The van der Waals surface area contributed by atoms with Crippen LogP contribution in [0.2, 0.25) is 0 Å². The van der Waals surface area contributed by atoms with Gasteiger partial charge in [-0.1, -0.05) is 19.9 Å². The number of likely N-dealkylation sites (N-methyl/N-ethyl adjacent to an activating group) is 1. The van der Waals surface area contributed by atoms with Crippen molar-refractivity contribution in [3.8, 4) is 0 Å². The Hall–Kier alpha value is -1.16. The molecule has 0 fully saturated rings. The molecular weight excluding hydrogens is 182 g/mol. The van der Waals surface area contributed by atoms with Gasteiger partial charge in [-0.05, 0) is 13.1 Å². The molecule has 80 valence electrons. The maximum absolute atomic E-state index is 11.1. The van der Waals surface area contributed by atoms with Crippen molar-refractivity contribution in [2.24, 2.45) is 0 Å². The number of carbonyl (C=O) groups is 2. The topological polar surface area (TPSA) is 46.6 Å². The van der Waals surface area contributed by atoms with E-state index in [1.807, 2.05) is 18.7 Å². The maximum Gasteiger partial charge on any atom is 0.327 e. The Bertz CT molecular complexity index is 209. The number of ether oxygens (including phenoxy) is 1. The minimum Gasteiger partial charge on any atom is -0.392 e. The van der Waals surface area contributed by atoms with Gasteiger partial charge in [0.1, 0.15) is 0 Å². The fourth-order valence-electron chi connectivity index (χ4n) is 0.949. The molecule has 0 heterocycles. The van der Waals surface area contributed by atoms with Gasteiger partial charge in [-0.3, -0.25) is 14.5 Å². The van der Waals surface area contributed by atoms with Crippen LogP contribution >= 0.6 is 0 Å². The van der Waals surface area contributed by atoms with Crippen LogP contribution in [-0.2, 0) is 14.3 Å². The van der Waals surface area contributed by atoms with E-state index in [0.717, 1.165) is 13.1 Å². The first-order chi connectivity index (χ1) is 6.63. The molecular formula is C10H17NO3. The molecule has 0 spiro atoms. The highest BCUT2D eigenvalue weighted by Crippen LogP contribution is 1.92. The molecule has 0 radical (unpaired) electrons. The predicted molar refractivity (Wildman–Crippen MR) is 53.7 cm³/mol. The second kappa shape index (κ2) is 7.26. The Morgan fingerprint density at radius 1 is 1.29 bits per heavy atom. The molecule has 0 bridgehead atoms. The molecule has 0 aliphatic carbocycles. The van der Waals surface area contributed by atoms with Crippen LogP contribution in [0.25, 0.3) is 0 Å². The number of carbonyl (C=O) groups excluding carboxylic acids is 2. The van der Waals surface area contributed by atoms with Gasteiger partial charge in [-0.15, -0.1) is 6.58 Å². The zero-order valence-corrected chi connectivity index (χ0v) is 8.78. The lowest BCUT2D eigenvalue weighted by Crippen LogP contribution is -2.31. The van der Waals surface area contributed by atoms with E-state index in [9.17, 15) is 9.59 Å². The molecule has 14 heavy (non-hydrogen) atoms. The highest BCUT2D eigenvalue weighted by molar-refractivity contribution is 5.87. The molecule has 0 N–H and O–H groups in total. The SMILES string of the molecule is C=CCC(=O)OC(=O)CN(CC)CC. The summed E-state index contributed by atoms with van der Waals surface area (Å²) in [4.78, 5) is 23.9. The van der Waals surface area contributed by atoms with Gasteiger partial charge in [0.05, 0.1) is 13.0 Å². The van der Waals surface area contributed by atoms with E-state index in [0.29, 0.717) is 0 Å². The van der Waals surface area contributed by atoms with Crippen LogP contribution < -0.4 is 0 Å². The van der Waals surface area contributed by atoms with E-state index < -0.39 is 11.9 Å². The summed E-state index contributed by atoms with van der Waals surface area (Å²) in [7, 11) is 0. The predicted octanol–water partition coefficient (Wildman–Crippen LogP) is 0.974. The normalized spacial score (nSPS) is 9.93. The van der Waals surface area contributed by atoms with Gasteiger partial charge in [-0.2, -0.15) is 0 Å². The lowest BCUT2D eigenvalue weighted by atomic mass is 10.4. The van der Waals surface area contributed by atoms with Gasteiger partial charge in [0.15, 0.2) is 0 Å². The van der Waals surface area contributed by atoms with Gasteiger partial charge in [0, 0.05) is 0 Å². The monoisotopic (exact) mass is 199 g/mol. The molecule has 0 atom stereocenters. The van der Waals surface area contributed by atoms with Gasteiger partial charge in [0.2, 0.25) is 0 Å². The fourth-order valence-corrected chi connectivity index (χ4v) is 0.949. The molecule has 0 amide bonds. The summed E-state index contributed by atoms with van der Waals surface area (Å²) >= 11 is 0. The maximum atomic E-state index is 11.1. The number of rotatable bonds is 6. The minimum absolute atomic E-state index is 0.0734. The average Bonchev–Trinajstić information content (AvgIpc) is 2.14. The first kappa shape index (κ1) is 12.8. The third-order valence-corrected chi connectivity index (χ3v) is 1.79. The fraction of sp³-hybridized carbons (Fsp3) is 0.600. The molecule has 4 nitrogen and oxygen atoms in total. The number of hydrogen-bond acceptors (Lipinski definition) is 4. The van der Waals surface area contributed by atoms with Gasteiger partial charge in [-0.25, -0.2) is 0 Å². The Labute approximate surface area is 84.5 Å². The largest absolute Gasteiger partial charge is 0.392 e. The molecule has 0 unspecified atom stereocenters. The molecule has 0 saturated heterocycles. The minimum atomic E-state index is -0.544. The van der Waals surface area contributed by atoms with Crippen molar-refractivity contribution in [1.82, 2.24) is 4.90 Å². The van der Waals surface area contributed by atoms with Crippen molar-refractivity contribution < 1.29 is 14.3 Å².